The lowest BCUT2D eigenvalue weighted by Gasteiger charge is -2.17. The van der Waals surface area contributed by atoms with Crippen LogP contribution in [0.5, 0.6) is 0 Å². The Kier molecular flexibility index (Phi) is 7.49. The summed E-state index contributed by atoms with van der Waals surface area (Å²) >= 11 is 1.07. The molecule has 2 heterocycles. The molecule has 1 saturated heterocycles. The number of amides is 2. The molecule has 0 aromatic carbocycles. The standard InChI is InChI=1S/C18H26N4O4S/c1-5-9-26-17(25)15-12(2)19-18(27-15)20-16(24)13-10-14(23)22(11-13)8-6-7-21(3)4/h5,13H,1,6-11H2,2-4H3,(H,19,20,24). The molecule has 2 amide bonds. The van der Waals surface area contributed by atoms with E-state index in [1.54, 1.807) is 11.8 Å². The monoisotopic (exact) mass is 394 g/mol. The second-order valence-corrected chi connectivity index (χ2v) is 7.71. The van der Waals surface area contributed by atoms with Crippen LogP contribution in [0.4, 0.5) is 5.13 Å². The molecule has 1 N–H and O–H groups in total. The van der Waals surface area contributed by atoms with Crippen molar-refractivity contribution in [3.8, 4) is 0 Å². The molecule has 27 heavy (non-hydrogen) atoms. The third-order valence-electron chi connectivity index (χ3n) is 4.16. The van der Waals surface area contributed by atoms with E-state index in [2.05, 4.69) is 21.8 Å². The minimum atomic E-state index is -0.492. The Labute approximate surface area is 163 Å². The zero-order valence-electron chi connectivity index (χ0n) is 16.0. The van der Waals surface area contributed by atoms with Crippen LogP contribution in [0, 0.1) is 12.8 Å². The highest BCUT2D eigenvalue weighted by molar-refractivity contribution is 7.17. The largest absolute Gasteiger partial charge is 0.457 e. The van der Waals surface area contributed by atoms with Gasteiger partial charge in [-0.05, 0) is 34.0 Å². The Hall–Kier alpha value is -2.26. The number of nitrogens with zero attached hydrogens (tertiary/aromatic N) is 3. The molecule has 148 valence electrons. The number of thiazole rings is 1. The number of ether oxygens (including phenoxy) is 1. The summed E-state index contributed by atoms with van der Waals surface area (Å²) in [6.45, 7) is 7.25. The van der Waals surface area contributed by atoms with Gasteiger partial charge in [0, 0.05) is 19.5 Å². The summed E-state index contributed by atoms with van der Waals surface area (Å²) in [5.74, 6) is -1.15. The molecule has 1 fully saturated rings. The lowest BCUT2D eigenvalue weighted by Crippen LogP contribution is -2.30. The Balaban J connectivity index is 1.91. The van der Waals surface area contributed by atoms with Crippen LogP contribution in [-0.4, -0.2) is 72.9 Å². The summed E-state index contributed by atoms with van der Waals surface area (Å²) in [5.41, 5.74) is 0.497. The molecule has 1 atom stereocenters. The van der Waals surface area contributed by atoms with Gasteiger partial charge in [0.25, 0.3) is 0 Å². The highest BCUT2D eigenvalue weighted by Gasteiger charge is 2.34. The first-order valence-corrected chi connectivity index (χ1v) is 9.62. The molecule has 8 nitrogen and oxygen atoms in total. The van der Waals surface area contributed by atoms with Crippen LogP contribution in [-0.2, 0) is 14.3 Å². The van der Waals surface area contributed by atoms with Crippen LogP contribution in [0.1, 0.15) is 28.2 Å². The number of esters is 1. The second-order valence-electron chi connectivity index (χ2n) is 6.71. The first-order chi connectivity index (χ1) is 12.8. The zero-order chi connectivity index (χ0) is 20.0. The fourth-order valence-electron chi connectivity index (χ4n) is 2.79. The van der Waals surface area contributed by atoms with Crippen molar-refractivity contribution in [1.82, 2.24) is 14.8 Å². The van der Waals surface area contributed by atoms with Gasteiger partial charge in [0.2, 0.25) is 11.8 Å². The van der Waals surface area contributed by atoms with Gasteiger partial charge in [0.15, 0.2) is 5.13 Å². The third kappa shape index (κ3) is 5.86. The smallest absolute Gasteiger partial charge is 0.350 e. The van der Waals surface area contributed by atoms with Gasteiger partial charge in [-0.25, -0.2) is 9.78 Å². The highest BCUT2D eigenvalue weighted by atomic mass is 32.1. The number of aromatic nitrogens is 1. The van der Waals surface area contributed by atoms with Crippen molar-refractivity contribution < 1.29 is 19.1 Å². The van der Waals surface area contributed by atoms with E-state index in [4.69, 9.17) is 4.74 Å². The maximum absolute atomic E-state index is 12.5. The van der Waals surface area contributed by atoms with Gasteiger partial charge < -0.3 is 19.9 Å². The Morgan fingerprint density at radius 1 is 1.48 bits per heavy atom. The fourth-order valence-corrected chi connectivity index (χ4v) is 3.65. The summed E-state index contributed by atoms with van der Waals surface area (Å²) in [4.78, 5) is 44.9. The van der Waals surface area contributed by atoms with Crippen LogP contribution in [0.25, 0.3) is 0 Å². The fraction of sp³-hybridized carbons (Fsp3) is 0.556. The average Bonchev–Trinajstić information content (AvgIpc) is 3.15. The molecule has 1 aromatic heterocycles. The van der Waals surface area contributed by atoms with E-state index in [0.717, 1.165) is 24.3 Å². The van der Waals surface area contributed by atoms with Crippen LogP contribution < -0.4 is 5.32 Å². The molecular weight excluding hydrogens is 368 g/mol. The van der Waals surface area contributed by atoms with Crippen LogP contribution in [0.2, 0.25) is 0 Å². The number of nitrogens with one attached hydrogen (secondary N) is 1. The quantitative estimate of drug-likeness (QED) is 0.504. The van der Waals surface area contributed by atoms with Gasteiger partial charge in [0.1, 0.15) is 11.5 Å². The highest BCUT2D eigenvalue weighted by Crippen LogP contribution is 2.25. The maximum Gasteiger partial charge on any atom is 0.350 e. The number of anilines is 1. The van der Waals surface area contributed by atoms with Crippen molar-refractivity contribution in [3.05, 3.63) is 23.2 Å². The Bertz CT molecular complexity index is 716. The molecule has 0 saturated carbocycles. The van der Waals surface area contributed by atoms with E-state index in [1.165, 1.54) is 6.08 Å². The first kappa shape index (κ1) is 21.0. The number of hydrogen-bond acceptors (Lipinski definition) is 7. The average molecular weight is 394 g/mol. The molecule has 2 rings (SSSR count). The van der Waals surface area contributed by atoms with E-state index < -0.39 is 11.9 Å². The molecule has 1 aliphatic rings. The van der Waals surface area contributed by atoms with E-state index in [9.17, 15) is 14.4 Å². The second kappa shape index (κ2) is 9.61. The Morgan fingerprint density at radius 2 is 2.22 bits per heavy atom. The molecular formula is C18H26N4O4S. The van der Waals surface area contributed by atoms with Gasteiger partial charge in [-0.3, -0.25) is 9.59 Å². The number of carbonyl (C=O) groups excluding carboxylic acids is 3. The molecule has 1 aliphatic heterocycles. The SMILES string of the molecule is C=CCOC(=O)c1sc(NC(=O)C2CC(=O)N(CCCN(C)C)C2)nc1C. The summed E-state index contributed by atoms with van der Waals surface area (Å²) in [7, 11) is 3.97. The van der Waals surface area contributed by atoms with Crippen molar-refractivity contribution in [2.45, 2.75) is 19.8 Å². The minimum Gasteiger partial charge on any atom is -0.457 e. The lowest BCUT2D eigenvalue weighted by atomic mass is 10.1. The third-order valence-corrected chi connectivity index (χ3v) is 5.22. The van der Waals surface area contributed by atoms with Gasteiger partial charge >= 0.3 is 5.97 Å². The zero-order valence-corrected chi connectivity index (χ0v) is 16.8. The van der Waals surface area contributed by atoms with Gasteiger partial charge in [-0.2, -0.15) is 0 Å². The molecule has 1 aromatic rings. The number of rotatable bonds is 9. The van der Waals surface area contributed by atoms with Crippen molar-refractivity contribution in [1.29, 1.82) is 0 Å². The van der Waals surface area contributed by atoms with E-state index >= 15 is 0 Å². The van der Waals surface area contributed by atoms with Crippen LogP contribution in [0.15, 0.2) is 12.7 Å². The molecule has 0 bridgehead atoms. The van der Waals surface area contributed by atoms with Crippen molar-refractivity contribution in [2.24, 2.45) is 5.92 Å². The first-order valence-electron chi connectivity index (χ1n) is 8.80. The Morgan fingerprint density at radius 3 is 2.89 bits per heavy atom. The number of aryl methyl sites for hydroxylation is 1. The van der Waals surface area contributed by atoms with Crippen LogP contribution >= 0.6 is 11.3 Å². The minimum absolute atomic E-state index is 0.00193. The predicted molar refractivity (Wildman–Crippen MR) is 104 cm³/mol. The summed E-state index contributed by atoms with van der Waals surface area (Å²) in [5, 5.41) is 3.06. The number of carbonyl (C=O) groups is 3. The molecule has 0 radical (unpaired) electrons. The van der Waals surface area contributed by atoms with Crippen molar-refractivity contribution in [2.75, 3.05) is 45.7 Å². The number of hydrogen-bond donors (Lipinski definition) is 1. The normalized spacial score (nSPS) is 16.7. The lowest BCUT2D eigenvalue weighted by molar-refractivity contribution is -0.128. The number of likely N-dealkylation sites (tertiary alicyclic amines) is 1. The van der Waals surface area contributed by atoms with Gasteiger partial charge in [0.05, 0.1) is 11.6 Å². The van der Waals surface area contributed by atoms with E-state index in [1.807, 2.05) is 14.1 Å². The summed E-state index contributed by atoms with van der Waals surface area (Å²) in [6, 6.07) is 0. The maximum atomic E-state index is 12.5. The molecule has 0 spiro atoms. The van der Waals surface area contributed by atoms with Gasteiger partial charge in [-0.15, -0.1) is 0 Å². The van der Waals surface area contributed by atoms with E-state index in [0.29, 0.717) is 28.8 Å². The van der Waals surface area contributed by atoms with Gasteiger partial charge in [-0.1, -0.05) is 24.0 Å². The molecule has 9 heteroatoms. The summed E-state index contributed by atoms with van der Waals surface area (Å²) in [6.07, 6.45) is 2.56. The predicted octanol–water partition coefficient (Wildman–Crippen LogP) is 1.53. The van der Waals surface area contributed by atoms with E-state index in [-0.39, 0.29) is 24.8 Å². The van der Waals surface area contributed by atoms with Crippen LogP contribution in [0.3, 0.4) is 0 Å². The topological polar surface area (TPSA) is 91.8 Å². The van der Waals surface area contributed by atoms with Crippen molar-refractivity contribution in [3.63, 3.8) is 0 Å². The van der Waals surface area contributed by atoms with Crippen molar-refractivity contribution >= 4 is 34.3 Å². The summed E-state index contributed by atoms with van der Waals surface area (Å²) < 4.78 is 5.00. The molecule has 1 unspecified atom stereocenters. The molecule has 0 aliphatic carbocycles.